The molecule has 0 rings (SSSR count). The summed E-state index contributed by atoms with van der Waals surface area (Å²) in [6, 6.07) is 0. The van der Waals surface area contributed by atoms with Crippen LogP contribution in [0.25, 0.3) is 0 Å². The van der Waals surface area contributed by atoms with E-state index in [9.17, 15) is 4.57 Å². The van der Waals surface area contributed by atoms with Gasteiger partial charge in [0.25, 0.3) is 0 Å². The van der Waals surface area contributed by atoms with Crippen molar-refractivity contribution in [1.29, 1.82) is 0 Å². The average molecular weight is 165 g/mol. The van der Waals surface area contributed by atoms with Crippen LogP contribution in [0.15, 0.2) is 0 Å². The SMILES string of the molecule is CCC[P+](=O)OCC.[AlH3]. The molecule has 0 amide bonds. The minimum atomic E-state index is -1.33. The first-order valence-electron chi connectivity index (χ1n) is 2.88. The van der Waals surface area contributed by atoms with Crippen molar-refractivity contribution in [2.75, 3.05) is 12.8 Å². The molecule has 0 saturated heterocycles. The van der Waals surface area contributed by atoms with Gasteiger partial charge in [-0.15, -0.1) is 4.52 Å². The van der Waals surface area contributed by atoms with E-state index >= 15 is 0 Å². The Kier molecular flexibility index (Phi) is 11.7. The lowest BCUT2D eigenvalue weighted by Gasteiger charge is -1.79. The van der Waals surface area contributed by atoms with E-state index in [1.165, 1.54) is 0 Å². The van der Waals surface area contributed by atoms with Gasteiger partial charge in [-0.25, -0.2) is 0 Å². The van der Waals surface area contributed by atoms with Crippen molar-refractivity contribution in [3.05, 3.63) is 0 Å². The Labute approximate surface area is 68.0 Å². The lowest BCUT2D eigenvalue weighted by molar-refractivity contribution is 0.350. The first-order valence-corrected chi connectivity index (χ1v) is 4.25. The number of rotatable bonds is 4. The first kappa shape index (κ1) is 12.3. The van der Waals surface area contributed by atoms with Gasteiger partial charge < -0.3 is 0 Å². The summed E-state index contributed by atoms with van der Waals surface area (Å²) in [5.74, 6) is 0. The van der Waals surface area contributed by atoms with E-state index in [1.54, 1.807) is 0 Å². The van der Waals surface area contributed by atoms with Crippen LogP contribution >= 0.6 is 8.03 Å². The van der Waals surface area contributed by atoms with Gasteiger partial charge in [-0.1, -0.05) is 6.92 Å². The molecule has 0 aromatic carbocycles. The predicted molar refractivity (Wildman–Crippen MR) is 44.3 cm³/mol. The van der Waals surface area contributed by atoms with Gasteiger partial charge in [0.2, 0.25) is 0 Å². The summed E-state index contributed by atoms with van der Waals surface area (Å²) >= 11 is 0. The third-order valence-electron chi connectivity index (χ3n) is 0.679. The quantitative estimate of drug-likeness (QED) is 0.458. The lowest BCUT2D eigenvalue weighted by atomic mass is 10.6. The van der Waals surface area contributed by atoms with E-state index in [2.05, 4.69) is 0 Å². The molecule has 1 unspecified atom stereocenters. The van der Waals surface area contributed by atoms with E-state index < -0.39 is 8.03 Å². The maximum atomic E-state index is 10.6. The molecule has 1 atom stereocenters. The smallest absolute Gasteiger partial charge is 0.147 e. The maximum Gasteiger partial charge on any atom is 0.508 e. The Hall–Kier alpha value is 0.592. The van der Waals surface area contributed by atoms with Crippen LogP contribution in [-0.4, -0.2) is 30.1 Å². The fourth-order valence-corrected chi connectivity index (χ4v) is 1.17. The van der Waals surface area contributed by atoms with Gasteiger partial charge >= 0.3 is 8.03 Å². The summed E-state index contributed by atoms with van der Waals surface area (Å²) in [6.45, 7) is 4.41. The lowest BCUT2D eigenvalue weighted by Crippen LogP contribution is -1.80. The van der Waals surface area contributed by atoms with Crippen LogP contribution in [0.3, 0.4) is 0 Å². The molecule has 0 spiro atoms. The molecule has 0 bridgehead atoms. The molecule has 0 aliphatic rings. The Morgan fingerprint density at radius 2 is 2.00 bits per heavy atom. The highest BCUT2D eigenvalue weighted by molar-refractivity contribution is 7.39. The fraction of sp³-hybridized carbons (Fsp3) is 1.00. The molecule has 54 valence electrons. The summed E-state index contributed by atoms with van der Waals surface area (Å²) < 4.78 is 15.4. The van der Waals surface area contributed by atoms with Crippen molar-refractivity contribution in [3.63, 3.8) is 0 Å². The second kappa shape index (κ2) is 8.59. The highest BCUT2D eigenvalue weighted by atomic mass is 31.1. The van der Waals surface area contributed by atoms with Gasteiger partial charge in [0.15, 0.2) is 23.5 Å². The zero-order chi connectivity index (χ0) is 6.41. The van der Waals surface area contributed by atoms with Crippen molar-refractivity contribution in [2.45, 2.75) is 20.3 Å². The highest BCUT2D eigenvalue weighted by Crippen LogP contribution is 2.21. The number of hydrogen-bond acceptors (Lipinski definition) is 2. The van der Waals surface area contributed by atoms with Crippen LogP contribution < -0.4 is 0 Å². The monoisotopic (exact) mass is 165 g/mol. The van der Waals surface area contributed by atoms with Crippen LogP contribution in [0.5, 0.6) is 0 Å². The largest absolute Gasteiger partial charge is 0.508 e. The molecule has 0 fully saturated rings. The minimum absolute atomic E-state index is 0. The van der Waals surface area contributed by atoms with Crippen LogP contribution in [0.4, 0.5) is 0 Å². The molecule has 0 aromatic rings. The normalized spacial score (nSPS) is 10.2. The topological polar surface area (TPSA) is 26.3 Å². The highest BCUT2D eigenvalue weighted by Gasteiger charge is 2.11. The molecular formula is C5H15AlO2P+. The van der Waals surface area contributed by atoms with E-state index in [0.717, 1.165) is 6.42 Å². The van der Waals surface area contributed by atoms with E-state index in [-0.39, 0.29) is 17.4 Å². The number of hydrogen-bond donors (Lipinski definition) is 0. The molecule has 0 saturated carbocycles. The second-order valence-electron chi connectivity index (χ2n) is 1.47. The third-order valence-corrected chi connectivity index (χ3v) is 2.04. The summed E-state index contributed by atoms with van der Waals surface area (Å²) in [6.07, 6.45) is 1.64. The molecule has 0 aliphatic carbocycles. The Morgan fingerprint density at radius 1 is 1.44 bits per heavy atom. The van der Waals surface area contributed by atoms with Gasteiger partial charge in [0.05, 0.1) is 6.61 Å². The fourth-order valence-electron chi connectivity index (χ4n) is 0.391. The average Bonchev–Trinajstić information content (AvgIpc) is 1.68. The first-order chi connectivity index (χ1) is 3.81. The van der Waals surface area contributed by atoms with Crippen molar-refractivity contribution < 1.29 is 9.09 Å². The summed E-state index contributed by atoms with van der Waals surface area (Å²) in [7, 11) is -1.33. The predicted octanol–water partition coefficient (Wildman–Crippen LogP) is 0.991. The molecule has 0 aliphatic heterocycles. The van der Waals surface area contributed by atoms with Crippen molar-refractivity contribution in [3.8, 4) is 0 Å². The van der Waals surface area contributed by atoms with Crippen molar-refractivity contribution in [2.24, 2.45) is 0 Å². The summed E-state index contributed by atoms with van der Waals surface area (Å²) in [5.41, 5.74) is 0. The molecule has 4 heteroatoms. The second-order valence-corrected chi connectivity index (χ2v) is 2.84. The third kappa shape index (κ3) is 8.59. The zero-order valence-corrected chi connectivity index (χ0v) is 6.28. The van der Waals surface area contributed by atoms with Crippen molar-refractivity contribution >= 4 is 25.4 Å². The van der Waals surface area contributed by atoms with Crippen LogP contribution in [0.2, 0.25) is 0 Å². The van der Waals surface area contributed by atoms with Crippen LogP contribution in [-0.2, 0) is 9.09 Å². The van der Waals surface area contributed by atoms with Gasteiger partial charge in [0.1, 0.15) is 0 Å². The van der Waals surface area contributed by atoms with Gasteiger partial charge in [-0.05, 0) is 17.9 Å². The molecule has 0 radical (unpaired) electrons. The van der Waals surface area contributed by atoms with Crippen molar-refractivity contribution in [1.82, 2.24) is 0 Å². The molecule has 0 heterocycles. The summed E-state index contributed by atoms with van der Waals surface area (Å²) in [4.78, 5) is 0. The van der Waals surface area contributed by atoms with E-state index in [4.69, 9.17) is 4.52 Å². The zero-order valence-electron chi connectivity index (χ0n) is 5.39. The minimum Gasteiger partial charge on any atom is -0.147 e. The molecule has 9 heavy (non-hydrogen) atoms. The maximum absolute atomic E-state index is 10.6. The van der Waals surface area contributed by atoms with E-state index in [0.29, 0.717) is 12.8 Å². The Morgan fingerprint density at radius 3 is 2.33 bits per heavy atom. The Balaban J connectivity index is 0. The molecular weight excluding hydrogens is 150 g/mol. The van der Waals surface area contributed by atoms with Gasteiger partial charge in [-0.2, -0.15) is 0 Å². The van der Waals surface area contributed by atoms with E-state index in [1.807, 2.05) is 13.8 Å². The molecule has 0 N–H and O–H groups in total. The Bertz CT molecular complexity index is 69.4. The summed E-state index contributed by atoms with van der Waals surface area (Å²) in [5, 5.41) is 0. The van der Waals surface area contributed by atoms with Crippen LogP contribution in [0.1, 0.15) is 20.3 Å². The molecule has 0 aromatic heterocycles. The van der Waals surface area contributed by atoms with Gasteiger partial charge in [0, 0.05) is 0 Å². The van der Waals surface area contributed by atoms with Gasteiger partial charge in [-0.3, -0.25) is 0 Å². The molecule has 2 nitrogen and oxygen atoms in total. The standard InChI is InChI=1S/C5H12O2P.Al.3H/c1-3-5-8(6)7-4-2;;;;/h3-5H2,1-2H3;;;;/q+1;;;;. The van der Waals surface area contributed by atoms with Crippen LogP contribution in [0, 0.1) is 0 Å².